The summed E-state index contributed by atoms with van der Waals surface area (Å²) in [4.78, 5) is 3.79. The molecule has 0 spiro atoms. The van der Waals surface area contributed by atoms with Gasteiger partial charge in [0.05, 0.1) is 27.7 Å². The van der Waals surface area contributed by atoms with E-state index in [1.807, 2.05) is 0 Å². The van der Waals surface area contributed by atoms with Gasteiger partial charge in [0.2, 0.25) is 9.05 Å². The SMILES string of the molecule is Cc1cc(S(=O)(=O)CCS(=O)(=O)Cl)c(C#N)c(C)n1. The Labute approximate surface area is 116 Å². The first-order valence-corrected chi connectivity index (χ1v) is 9.23. The lowest BCUT2D eigenvalue weighted by Crippen LogP contribution is -2.16. The average Bonchev–Trinajstić information content (AvgIpc) is 2.25. The summed E-state index contributed by atoms with van der Waals surface area (Å²) in [6.07, 6.45) is 0. The monoisotopic (exact) mass is 322 g/mol. The highest BCUT2D eigenvalue weighted by Crippen LogP contribution is 2.20. The minimum Gasteiger partial charge on any atom is -0.257 e. The van der Waals surface area contributed by atoms with Crippen LogP contribution < -0.4 is 0 Å². The van der Waals surface area contributed by atoms with Gasteiger partial charge in [-0.25, -0.2) is 16.8 Å². The second-order valence-electron chi connectivity index (χ2n) is 3.90. The summed E-state index contributed by atoms with van der Waals surface area (Å²) in [7, 11) is -2.82. The predicted octanol–water partition coefficient (Wildman–Crippen LogP) is 0.912. The summed E-state index contributed by atoms with van der Waals surface area (Å²) in [6, 6.07) is 3.02. The molecule has 0 amide bonds. The fraction of sp³-hybridized carbons (Fsp3) is 0.400. The number of rotatable bonds is 4. The Morgan fingerprint density at radius 2 is 1.84 bits per heavy atom. The van der Waals surface area contributed by atoms with Crippen molar-refractivity contribution < 1.29 is 16.8 Å². The van der Waals surface area contributed by atoms with Gasteiger partial charge in [-0.2, -0.15) is 5.26 Å². The Balaban J connectivity index is 3.34. The second kappa shape index (κ2) is 5.45. The van der Waals surface area contributed by atoms with Crippen molar-refractivity contribution in [1.29, 1.82) is 5.26 Å². The van der Waals surface area contributed by atoms with Crippen LogP contribution in [-0.4, -0.2) is 33.3 Å². The van der Waals surface area contributed by atoms with E-state index in [2.05, 4.69) is 4.98 Å². The van der Waals surface area contributed by atoms with Crippen LogP contribution in [0.1, 0.15) is 17.0 Å². The van der Waals surface area contributed by atoms with E-state index in [0.29, 0.717) is 5.69 Å². The molecule has 19 heavy (non-hydrogen) atoms. The normalized spacial score (nSPS) is 12.1. The Morgan fingerprint density at radius 3 is 2.32 bits per heavy atom. The van der Waals surface area contributed by atoms with E-state index in [1.165, 1.54) is 13.0 Å². The van der Waals surface area contributed by atoms with Crippen LogP contribution in [0.2, 0.25) is 0 Å². The summed E-state index contributed by atoms with van der Waals surface area (Å²) in [5.74, 6) is -1.38. The molecule has 0 saturated carbocycles. The number of nitriles is 1. The average molecular weight is 323 g/mol. The Kier molecular flexibility index (Phi) is 4.55. The Bertz CT molecular complexity index is 748. The van der Waals surface area contributed by atoms with E-state index in [4.69, 9.17) is 15.9 Å². The standard InChI is InChI=1S/C10H11ClN2O4S2/c1-7-5-10(9(6-12)8(2)13-7)18(14,15)3-4-19(11,16)17/h5H,3-4H2,1-2H3. The molecule has 0 aromatic carbocycles. The van der Waals surface area contributed by atoms with Crippen LogP contribution in [0.4, 0.5) is 0 Å². The molecule has 0 saturated heterocycles. The first-order valence-electron chi connectivity index (χ1n) is 5.10. The van der Waals surface area contributed by atoms with Crippen molar-refractivity contribution in [3.8, 4) is 6.07 Å². The van der Waals surface area contributed by atoms with Gasteiger partial charge in [0, 0.05) is 16.4 Å². The topological polar surface area (TPSA) is 105 Å². The summed E-state index contributed by atoms with van der Waals surface area (Å²) in [6.45, 7) is 3.11. The van der Waals surface area contributed by atoms with Crippen molar-refractivity contribution in [2.75, 3.05) is 11.5 Å². The lowest BCUT2D eigenvalue weighted by Gasteiger charge is -2.08. The summed E-state index contributed by atoms with van der Waals surface area (Å²) < 4.78 is 45.8. The molecule has 6 nitrogen and oxygen atoms in total. The minimum atomic E-state index is -3.91. The largest absolute Gasteiger partial charge is 0.257 e. The van der Waals surface area contributed by atoms with Crippen molar-refractivity contribution in [3.05, 3.63) is 23.0 Å². The number of pyridine rings is 1. The number of aromatic nitrogens is 1. The van der Waals surface area contributed by atoms with E-state index < -0.39 is 30.4 Å². The van der Waals surface area contributed by atoms with Crippen LogP contribution >= 0.6 is 10.7 Å². The third-order valence-electron chi connectivity index (χ3n) is 2.33. The molecule has 104 valence electrons. The van der Waals surface area contributed by atoms with Crippen LogP contribution in [0.25, 0.3) is 0 Å². The lowest BCUT2D eigenvalue weighted by molar-refractivity contribution is 0.592. The van der Waals surface area contributed by atoms with Crippen LogP contribution in [0.5, 0.6) is 0 Å². The minimum absolute atomic E-state index is 0.0717. The second-order valence-corrected chi connectivity index (χ2v) is 8.87. The molecule has 0 fully saturated rings. The molecule has 1 aromatic heterocycles. The third-order valence-corrected chi connectivity index (χ3v) is 5.48. The van der Waals surface area contributed by atoms with Crippen molar-refractivity contribution in [3.63, 3.8) is 0 Å². The van der Waals surface area contributed by atoms with Gasteiger partial charge >= 0.3 is 0 Å². The molecule has 0 aliphatic heterocycles. The molecule has 0 radical (unpaired) electrons. The molecule has 0 unspecified atom stereocenters. The van der Waals surface area contributed by atoms with E-state index in [0.717, 1.165) is 0 Å². The lowest BCUT2D eigenvalue weighted by atomic mass is 10.2. The highest BCUT2D eigenvalue weighted by molar-refractivity contribution is 8.14. The molecule has 1 heterocycles. The number of halogens is 1. The summed E-state index contributed by atoms with van der Waals surface area (Å²) in [5, 5.41) is 8.98. The molecular formula is C10H11ClN2O4S2. The maximum atomic E-state index is 12.1. The van der Waals surface area contributed by atoms with Gasteiger partial charge in [0.1, 0.15) is 6.07 Å². The van der Waals surface area contributed by atoms with Gasteiger partial charge < -0.3 is 0 Å². The van der Waals surface area contributed by atoms with Crippen molar-refractivity contribution in [2.24, 2.45) is 0 Å². The molecule has 0 atom stereocenters. The first kappa shape index (κ1) is 15.9. The van der Waals surface area contributed by atoms with Crippen LogP contribution in [0.15, 0.2) is 11.0 Å². The third kappa shape index (κ3) is 4.16. The number of aryl methyl sites for hydroxylation is 2. The van der Waals surface area contributed by atoms with E-state index in [9.17, 15) is 16.8 Å². The quantitative estimate of drug-likeness (QED) is 0.763. The number of hydrogen-bond donors (Lipinski definition) is 0. The fourth-order valence-corrected chi connectivity index (χ4v) is 4.81. The zero-order chi connectivity index (χ0) is 14.8. The van der Waals surface area contributed by atoms with Gasteiger partial charge in [-0.1, -0.05) is 0 Å². The number of sulfone groups is 1. The van der Waals surface area contributed by atoms with Gasteiger partial charge in [-0.15, -0.1) is 0 Å². The highest BCUT2D eigenvalue weighted by Gasteiger charge is 2.23. The molecule has 1 aromatic rings. The van der Waals surface area contributed by atoms with Gasteiger partial charge in [-0.3, -0.25) is 4.98 Å². The zero-order valence-electron chi connectivity index (χ0n) is 10.2. The van der Waals surface area contributed by atoms with Gasteiger partial charge in [0.25, 0.3) is 0 Å². The maximum absolute atomic E-state index is 12.1. The van der Waals surface area contributed by atoms with Crippen LogP contribution in [0.3, 0.4) is 0 Å². The Hall–Kier alpha value is -1.17. The first-order chi connectivity index (χ1) is 8.57. The molecule has 0 aliphatic carbocycles. The van der Waals surface area contributed by atoms with Gasteiger partial charge in [-0.05, 0) is 19.9 Å². The molecule has 1 rings (SSSR count). The van der Waals surface area contributed by atoms with E-state index in [-0.39, 0.29) is 16.2 Å². The number of nitrogens with zero attached hydrogens (tertiary/aromatic N) is 2. The molecule has 0 aliphatic rings. The molecule has 0 N–H and O–H groups in total. The highest BCUT2D eigenvalue weighted by atomic mass is 35.7. The van der Waals surface area contributed by atoms with Crippen LogP contribution in [-0.2, 0) is 18.9 Å². The van der Waals surface area contributed by atoms with Gasteiger partial charge in [0.15, 0.2) is 9.84 Å². The van der Waals surface area contributed by atoms with Crippen molar-refractivity contribution in [1.82, 2.24) is 4.98 Å². The predicted molar refractivity (Wildman–Crippen MR) is 70.1 cm³/mol. The van der Waals surface area contributed by atoms with Crippen molar-refractivity contribution >= 4 is 29.6 Å². The molecule has 9 heteroatoms. The molecule has 0 bridgehead atoms. The van der Waals surface area contributed by atoms with Crippen molar-refractivity contribution in [2.45, 2.75) is 18.7 Å². The van der Waals surface area contributed by atoms with E-state index >= 15 is 0 Å². The fourth-order valence-electron chi connectivity index (χ4n) is 1.49. The number of hydrogen-bond acceptors (Lipinski definition) is 6. The summed E-state index contributed by atoms with van der Waals surface area (Å²) >= 11 is 0. The maximum Gasteiger partial charge on any atom is 0.233 e. The zero-order valence-corrected chi connectivity index (χ0v) is 12.6. The smallest absolute Gasteiger partial charge is 0.233 e. The van der Waals surface area contributed by atoms with E-state index in [1.54, 1.807) is 13.0 Å². The molecular weight excluding hydrogens is 312 g/mol. The Morgan fingerprint density at radius 1 is 1.26 bits per heavy atom. The van der Waals surface area contributed by atoms with Crippen LogP contribution in [0, 0.1) is 25.2 Å². The summed E-state index contributed by atoms with van der Waals surface area (Å²) in [5.41, 5.74) is 0.649.